The summed E-state index contributed by atoms with van der Waals surface area (Å²) in [5.74, 6) is 0.597. The van der Waals surface area contributed by atoms with Gasteiger partial charge in [0.25, 0.3) is 0 Å². The van der Waals surface area contributed by atoms with E-state index in [0.717, 1.165) is 44.7 Å². The van der Waals surface area contributed by atoms with Crippen molar-refractivity contribution < 1.29 is 44.3 Å². The smallest absolute Gasteiger partial charge is 0.870 e. The van der Waals surface area contributed by atoms with E-state index in [2.05, 4.69) is 27.1 Å². The summed E-state index contributed by atoms with van der Waals surface area (Å²) in [6.07, 6.45) is 7.00. The molecule has 13 heteroatoms. The van der Waals surface area contributed by atoms with E-state index in [0.29, 0.717) is 22.5 Å². The molecule has 0 aliphatic carbocycles. The second-order valence-electron chi connectivity index (χ2n) is 8.50. The van der Waals surface area contributed by atoms with Crippen molar-refractivity contribution in [2.45, 2.75) is 0 Å². The van der Waals surface area contributed by atoms with Gasteiger partial charge in [-0.15, -0.1) is 22.7 Å². The molecule has 0 bridgehead atoms. The molecule has 6 heterocycles. The zero-order chi connectivity index (χ0) is 28.0. The van der Waals surface area contributed by atoms with Crippen molar-refractivity contribution in [3.05, 3.63) is 113 Å². The van der Waals surface area contributed by atoms with Crippen LogP contribution in [0.5, 0.6) is 5.75 Å². The van der Waals surface area contributed by atoms with Crippen LogP contribution in [0.3, 0.4) is 0 Å². The van der Waals surface area contributed by atoms with Gasteiger partial charge in [-0.2, -0.15) is 10.5 Å². The predicted octanol–water partition coefficient (Wildman–Crippen LogP) is 5.05. The van der Waals surface area contributed by atoms with Crippen molar-refractivity contribution in [1.29, 1.82) is 10.5 Å². The van der Waals surface area contributed by atoms with Crippen LogP contribution < -0.4 is 34.4 Å². The Morgan fingerprint density at radius 2 is 1.47 bits per heavy atom. The number of thiophene rings is 2. The monoisotopic (exact) mass is 630 g/mol. The zero-order valence-corrected chi connectivity index (χ0v) is 27.0. The summed E-state index contributed by atoms with van der Waals surface area (Å²) in [5.41, 5.74) is 4.63. The van der Waals surface area contributed by atoms with Crippen molar-refractivity contribution in [3.8, 4) is 38.8 Å². The van der Waals surface area contributed by atoms with E-state index >= 15 is 0 Å². The fourth-order valence-corrected chi connectivity index (χ4v) is 6.00. The van der Waals surface area contributed by atoms with E-state index in [9.17, 15) is 5.26 Å². The Hall–Kier alpha value is -3.95. The minimum Gasteiger partial charge on any atom is -0.870 e. The first-order chi connectivity index (χ1) is 20.2. The van der Waals surface area contributed by atoms with Gasteiger partial charge in [0.2, 0.25) is 0 Å². The van der Waals surface area contributed by atoms with Crippen molar-refractivity contribution in [2.24, 2.45) is 0 Å². The van der Waals surface area contributed by atoms with Gasteiger partial charge < -0.3 is 15.3 Å². The molecule has 206 valence electrons. The Morgan fingerprint density at radius 1 is 0.814 bits per heavy atom. The Bertz CT molecular complexity index is 2010. The molecule has 0 atom stereocenters. The first kappa shape index (κ1) is 32.0. The summed E-state index contributed by atoms with van der Waals surface area (Å²) in [7, 11) is 0. The van der Waals surface area contributed by atoms with Gasteiger partial charge in [0.15, 0.2) is 23.6 Å². The Morgan fingerprint density at radius 3 is 2.09 bits per heavy atom. The topological polar surface area (TPSA) is 143 Å². The zero-order valence-electron chi connectivity index (χ0n) is 22.5. The minimum absolute atomic E-state index is 0. The number of nitrogens with zero attached hydrogens (tertiary/aromatic N) is 5. The van der Waals surface area contributed by atoms with Crippen LogP contribution in [0.2, 0.25) is 0 Å². The third-order valence-corrected chi connectivity index (χ3v) is 8.39. The molecule has 0 radical (unpaired) electrons. The predicted molar refractivity (Wildman–Crippen MR) is 165 cm³/mol. The molecule has 0 spiro atoms. The van der Waals surface area contributed by atoms with E-state index in [1.807, 2.05) is 71.6 Å². The van der Waals surface area contributed by atoms with Crippen LogP contribution in [0.25, 0.3) is 42.9 Å². The van der Waals surface area contributed by atoms with E-state index in [1.165, 1.54) is 4.88 Å². The number of fused-ring (bicyclic) bond motifs is 2. The summed E-state index contributed by atoms with van der Waals surface area (Å²) in [5, 5.41) is 24.1. The Labute approximate surface area is 280 Å². The molecule has 43 heavy (non-hydrogen) atoms. The number of rotatable bonds is 6. The maximum absolute atomic E-state index is 9.40. The Balaban J connectivity index is 0.000000204. The van der Waals surface area contributed by atoms with Gasteiger partial charge in [0.05, 0.1) is 11.1 Å². The number of nitrogens with one attached hydrogen (secondary N) is 1. The van der Waals surface area contributed by atoms with Crippen LogP contribution in [-0.4, -0.2) is 24.4 Å². The molecule has 0 aliphatic rings. The first-order valence-electron chi connectivity index (χ1n) is 12.2. The van der Waals surface area contributed by atoms with Gasteiger partial charge >= 0.3 is 29.6 Å². The number of para-hydroxylation sites is 1. The third-order valence-electron chi connectivity index (χ3n) is 5.98. The second kappa shape index (κ2) is 15.0. The van der Waals surface area contributed by atoms with E-state index in [1.54, 1.807) is 57.4 Å². The Kier molecular flexibility index (Phi) is 11.1. The maximum Gasteiger partial charge on any atom is 1.00 e. The second-order valence-corrected chi connectivity index (χ2v) is 11.1. The van der Waals surface area contributed by atoms with E-state index in [4.69, 9.17) is 14.5 Å². The number of hydrogen-bond donors (Lipinski definition) is 1. The molecule has 0 saturated carbocycles. The van der Waals surface area contributed by atoms with Crippen molar-refractivity contribution in [2.75, 3.05) is 0 Å². The summed E-state index contributed by atoms with van der Waals surface area (Å²) in [4.78, 5) is 19.3. The number of hydrogen-bond acceptors (Lipinski definition) is 10. The van der Waals surface area contributed by atoms with Crippen LogP contribution >= 0.6 is 34.9 Å². The van der Waals surface area contributed by atoms with Crippen LogP contribution in [0.15, 0.2) is 102 Å². The molecule has 9 nitrogen and oxygen atoms in total. The number of aromatic nitrogens is 4. The van der Waals surface area contributed by atoms with Gasteiger partial charge in [0.1, 0.15) is 17.8 Å². The molecular weight excluding hydrogens is 612 g/mol. The van der Waals surface area contributed by atoms with Crippen molar-refractivity contribution >= 4 is 57.0 Å². The maximum atomic E-state index is 9.40. The summed E-state index contributed by atoms with van der Waals surface area (Å²) >= 11 is 4.27. The van der Waals surface area contributed by atoms with Gasteiger partial charge in [0, 0.05) is 56.4 Å². The SMILES string of the molecule is N#Cc1c[nH]c2ncc(-c3cccs3)cc12.N#Cc1cn(SOOc2ccccc2)c2ncc(-c3cccs3)cc12.[Na+].[OH-]. The molecule has 7 aromatic rings. The molecule has 0 amide bonds. The fourth-order valence-electron chi connectivity index (χ4n) is 4.04. The molecule has 1 aromatic carbocycles. The standard InChI is InChI=1S/C18H11N3O2S2.C12H7N3S.Na.H2O/c19-10-14-12-21(25-23-22-15-5-2-1-3-6-15)18-16(14)9-13(11-20-18)17-7-4-8-24-17;13-5-9-7-15-12-10(9)4-8(6-14-12)11-2-1-3-16-11;;/h1-9,11-12H;1-4,6-7H,(H,14,15);;1H2/q;;+1;/p-1. The number of H-pyrrole nitrogens is 1. The van der Waals surface area contributed by atoms with Crippen LogP contribution in [0.1, 0.15) is 11.1 Å². The molecular formula is C30H19N6NaO3S3. The van der Waals surface area contributed by atoms with E-state index in [-0.39, 0.29) is 35.0 Å². The van der Waals surface area contributed by atoms with Gasteiger partial charge in [-0.25, -0.2) is 13.9 Å². The number of aromatic amines is 1. The third kappa shape index (κ3) is 7.17. The average molecular weight is 631 g/mol. The summed E-state index contributed by atoms with van der Waals surface area (Å²) < 4.78 is 6.88. The quantitative estimate of drug-likeness (QED) is 0.116. The largest absolute Gasteiger partial charge is 1.00 e. The fraction of sp³-hybridized carbons (Fsp3) is 0. The molecule has 0 fully saturated rings. The molecule has 0 unspecified atom stereocenters. The molecule has 0 saturated heterocycles. The molecule has 2 N–H and O–H groups in total. The molecule has 6 aromatic heterocycles. The summed E-state index contributed by atoms with van der Waals surface area (Å²) in [6.45, 7) is 0. The summed E-state index contributed by atoms with van der Waals surface area (Å²) in [6, 6.07) is 25.6. The first-order valence-corrected chi connectivity index (χ1v) is 14.6. The number of benzene rings is 1. The minimum atomic E-state index is 0. The molecule has 7 rings (SSSR count). The molecule has 0 aliphatic heterocycles. The van der Waals surface area contributed by atoms with Crippen LogP contribution in [0, 0.1) is 22.7 Å². The average Bonchev–Trinajstić information content (AvgIpc) is 3.84. The number of nitriles is 2. The normalized spacial score (nSPS) is 10.1. The van der Waals surface area contributed by atoms with Crippen molar-refractivity contribution in [1.82, 2.24) is 18.9 Å². The number of pyridine rings is 2. The van der Waals surface area contributed by atoms with Gasteiger partial charge in [-0.1, -0.05) is 34.7 Å². The van der Waals surface area contributed by atoms with Gasteiger partial charge in [-0.3, -0.25) is 0 Å². The van der Waals surface area contributed by atoms with Crippen LogP contribution in [-0.2, 0) is 4.33 Å². The van der Waals surface area contributed by atoms with Gasteiger partial charge in [-0.05, 0) is 47.2 Å². The van der Waals surface area contributed by atoms with Crippen molar-refractivity contribution in [3.63, 3.8) is 0 Å². The van der Waals surface area contributed by atoms with E-state index < -0.39 is 0 Å². The van der Waals surface area contributed by atoms with Crippen LogP contribution in [0.4, 0.5) is 0 Å².